The van der Waals surface area contributed by atoms with Crippen molar-refractivity contribution >= 4 is 0 Å². The summed E-state index contributed by atoms with van der Waals surface area (Å²) < 4.78 is 13.3. The second-order valence-electron chi connectivity index (χ2n) is 6.19. The molecule has 1 saturated heterocycles. The van der Waals surface area contributed by atoms with Crippen molar-refractivity contribution in [2.24, 2.45) is 0 Å². The Bertz CT molecular complexity index is 823. The second kappa shape index (κ2) is 7.13. The van der Waals surface area contributed by atoms with Gasteiger partial charge in [-0.25, -0.2) is 4.39 Å². The van der Waals surface area contributed by atoms with Gasteiger partial charge in [0, 0.05) is 56.2 Å². The lowest BCUT2D eigenvalue weighted by atomic mass is 9.99. The summed E-state index contributed by atoms with van der Waals surface area (Å²) in [4.78, 5) is 6.51. The van der Waals surface area contributed by atoms with Gasteiger partial charge in [-0.15, -0.1) is 0 Å². The zero-order chi connectivity index (χ0) is 17.1. The van der Waals surface area contributed by atoms with E-state index in [-0.39, 0.29) is 5.82 Å². The van der Waals surface area contributed by atoms with Crippen LogP contribution >= 0.6 is 0 Å². The molecule has 128 valence electrons. The summed E-state index contributed by atoms with van der Waals surface area (Å²) in [5.74, 6) is -0.241. The third-order valence-electron chi connectivity index (χ3n) is 4.53. The molecule has 3 aromatic rings. The molecular weight excluding hydrogens is 317 g/mol. The third-order valence-corrected chi connectivity index (χ3v) is 4.53. The molecule has 1 aliphatic heterocycles. The molecule has 1 aliphatic rings. The molecule has 5 nitrogen and oxygen atoms in total. The van der Waals surface area contributed by atoms with E-state index in [1.165, 1.54) is 12.1 Å². The first-order valence-electron chi connectivity index (χ1n) is 8.48. The van der Waals surface area contributed by atoms with Crippen molar-refractivity contribution < 1.29 is 4.39 Å². The van der Waals surface area contributed by atoms with Crippen molar-refractivity contribution in [2.75, 3.05) is 26.2 Å². The lowest BCUT2D eigenvalue weighted by Gasteiger charge is -2.26. The van der Waals surface area contributed by atoms with E-state index >= 15 is 0 Å². The van der Waals surface area contributed by atoms with E-state index in [9.17, 15) is 4.39 Å². The fourth-order valence-electron chi connectivity index (χ4n) is 3.23. The van der Waals surface area contributed by atoms with Crippen molar-refractivity contribution in [3.63, 3.8) is 0 Å². The van der Waals surface area contributed by atoms with Gasteiger partial charge in [-0.05, 0) is 42.0 Å². The van der Waals surface area contributed by atoms with E-state index in [4.69, 9.17) is 0 Å². The number of benzene rings is 1. The Morgan fingerprint density at radius 3 is 2.40 bits per heavy atom. The van der Waals surface area contributed by atoms with Crippen molar-refractivity contribution in [3.8, 4) is 22.4 Å². The van der Waals surface area contributed by atoms with Gasteiger partial charge in [0.15, 0.2) is 0 Å². The average Bonchev–Trinajstić information content (AvgIpc) is 3.07. The minimum Gasteiger partial charge on any atom is -0.314 e. The van der Waals surface area contributed by atoms with Crippen LogP contribution in [0.25, 0.3) is 22.4 Å². The van der Waals surface area contributed by atoms with Crippen molar-refractivity contribution in [1.29, 1.82) is 0 Å². The zero-order valence-electron chi connectivity index (χ0n) is 13.9. The molecular formula is C19H20FN5. The van der Waals surface area contributed by atoms with Crippen molar-refractivity contribution in [3.05, 3.63) is 60.3 Å². The number of nitrogens with zero attached hydrogens (tertiary/aromatic N) is 3. The smallest absolute Gasteiger partial charge is 0.123 e. The normalized spacial score (nSPS) is 15.4. The van der Waals surface area contributed by atoms with E-state index in [1.807, 2.05) is 12.1 Å². The Morgan fingerprint density at radius 2 is 1.68 bits per heavy atom. The monoisotopic (exact) mass is 337 g/mol. The fourth-order valence-corrected chi connectivity index (χ4v) is 3.23. The molecule has 2 aromatic heterocycles. The molecule has 1 fully saturated rings. The minimum atomic E-state index is -0.241. The van der Waals surface area contributed by atoms with Crippen LogP contribution in [-0.4, -0.2) is 46.3 Å². The van der Waals surface area contributed by atoms with Gasteiger partial charge < -0.3 is 5.32 Å². The van der Waals surface area contributed by atoms with Gasteiger partial charge in [-0.3, -0.25) is 15.0 Å². The Kier molecular flexibility index (Phi) is 4.54. The molecule has 0 atom stereocenters. The molecule has 4 rings (SSSR count). The van der Waals surface area contributed by atoms with Crippen LogP contribution in [0, 0.1) is 5.82 Å². The summed E-state index contributed by atoms with van der Waals surface area (Å²) in [5.41, 5.74) is 4.97. The van der Waals surface area contributed by atoms with E-state index in [1.54, 1.807) is 24.5 Å². The second-order valence-corrected chi connectivity index (χ2v) is 6.19. The zero-order valence-corrected chi connectivity index (χ0v) is 13.9. The molecule has 25 heavy (non-hydrogen) atoms. The maximum atomic E-state index is 13.3. The van der Waals surface area contributed by atoms with Crippen LogP contribution in [0.2, 0.25) is 0 Å². The molecule has 0 radical (unpaired) electrons. The topological polar surface area (TPSA) is 56.8 Å². The molecule has 2 N–H and O–H groups in total. The van der Waals surface area contributed by atoms with Gasteiger partial charge in [-0.1, -0.05) is 0 Å². The van der Waals surface area contributed by atoms with Crippen LogP contribution < -0.4 is 5.32 Å². The molecule has 0 bridgehead atoms. The molecule has 0 saturated carbocycles. The van der Waals surface area contributed by atoms with E-state index in [0.29, 0.717) is 0 Å². The van der Waals surface area contributed by atoms with Crippen LogP contribution in [0.1, 0.15) is 5.69 Å². The van der Waals surface area contributed by atoms with Gasteiger partial charge in [0.25, 0.3) is 0 Å². The maximum absolute atomic E-state index is 13.3. The highest BCUT2D eigenvalue weighted by Crippen LogP contribution is 2.33. The number of aromatic nitrogens is 3. The summed E-state index contributed by atoms with van der Waals surface area (Å²) in [7, 11) is 0. The molecule has 3 heterocycles. The quantitative estimate of drug-likeness (QED) is 0.768. The molecule has 0 amide bonds. The van der Waals surface area contributed by atoms with Gasteiger partial charge in [-0.2, -0.15) is 5.10 Å². The number of hydrogen-bond acceptors (Lipinski definition) is 4. The number of halogens is 1. The van der Waals surface area contributed by atoms with Crippen LogP contribution in [0.3, 0.4) is 0 Å². The Labute approximate surface area is 145 Å². The number of aromatic amines is 1. The first kappa shape index (κ1) is 15.9. The summed E-state index contributed by atoms with van der Waals surface area (Å²) in [6.07, 6.45) is 3.57. The number of pyridine rings is 1. The SMILES string of the molecule is Fc1ccc(-c2[nH]nc(CN3CCNCC3)c2-c2ccncc2)cc1. The summed E-state index contributed by atoms with van der Waals surface area (Å²) in [6, 6.07) is 10.5. The Morgan fingerprint density at radius 1 is 0.960 bits per heavy atom. The van der Waals surface area contributed by atoms with Crippen molar-refractivity contribution in [1.82, 2.24) is 25.4 Å². The predicted molar refractivity (Wildman–Crippen MR) is 95.4 cm³/mol. The minimum absolute atomic E-state index is 0.241. The molecule has 0 unspecified atom stereocenters. The van der Waals surface area contributed by atoms with E-state index < -0.39 is 0 Å². The van der Waals surface area contributed by atoms with Gasteiger partial charge in [0.2, 0.25) is 0 Å². The van der Waals surface area contributed by atoms with Gasteiger partial charge >= 0.3 is 0 Å². The lowest BCUT2D eigenvalue weighted by Crippen LogP contribution is -2.43. The number of nitrogens with one attached hydrogen (secondary N) is 2. The fraction of sp³-hybridized carbons (Fsp3) is 0.263. The molecule has 1 aromatic carbocycles. The summed E-state index contributed by atoms with van der Waals surface area (Å²) >= 11 is 0. The molecule has 0 spiro atoms. The standard InChI is InChI=1S/C19H20FN5/c20-16-3-1-15(2-4-16)19-18(14-5-7-21-8-6-14)17(23-24-19)13-25-11-9-22-10-12-25/h1-8,22H,9-13H2,(H,23,24). The Balaban J connectivity index is 1.75. The number of H-pyrrole nitrogens is 1. The maximum Gasteiger partial charge on any atom is 0.123 e. The number of piperazine rings is 1. The van der Waals surface area contributed by atoms with Gasteiger partial charge in [0.05, 0.1) is 11.4 Å². The van der Waals surface area contributed by atoms with Crippen LogP contribution in [0.15, 0.2) is 48.8 Å². The van der Waals surface area contributed by atoms with Crippen molar-refractivity contribution in [2.45, 2.75) is 6.54 Å². The molecule has 6 heteroatoms. The molecule has 0 aliphatic carbocycles. The van der Waals surface area contributed by atoms with E-state index in [0.717, 1.165) is 60.8 Å². The largest absolute Gasteiger partial charge is 0.314 e. The lowest BCUT2D eigenvalue weighted by molar-refractivity contribution is 0.231. The highest BCUT2D eigenvalue weighted by molar-refractivity contribution is 5.82. The van der Waals surface area contributed by atoms with Crippen LogP contribution in [-0.2, 0) is 6.54 Å². The highest BCUT2D eigenvalue weighted by atomic mass is 19.1. The number of hydrogen-bond donors (Lipinski definition) is 2. The first-order valence-corrected chi connectivity index (χ1v) is 8.48. The first-order chi connectivity index (χ1) is 12.3. The average molecular weight is 337 g/mol. The van der Waals surface area contributed by atoms with Gasteiger partial charge in [0.1, 0.15) is 5.82 Å². The predicted octanol–water partition coefficient (Wildman–Crippen LogP) is 2.68. The van der Waals surface area contributed by atoms with E-state index in [2.05, 4.69) is 25.4 Å². The summed E-state index contributed by atoms with van der Waals surface area (Å²) in [6.45, 7) is 4.81. The van der Waals surface area contributed by atoms with Crippen LogP contribution in [0.5, 0.6) is 0 Å². The number of rotatable bonds is 4. The third kappa shape index (κ3) is 3.45. The Hall–Kier alpha value is -2.57. The summed E-state index contributed by atoms with van der Waals surface area (Å²) in [5, 5.41) is 11.1. The van der Waals surface area contributed by atoms with Crippen LogP contribution in [0.4, 0.5) is 4.39 Å². The highest BCUT2D eigenvalue weighted by Gasteiger charge is 2.19.